The van der Waals surface area contributed by atoms with Crippen LogP contribution in [0.15, 0.2) is 24.3 Å². The van der Waals surface area contributed by atoms with Gasteiger partial charge >= 0.3 is 0 Å². The molecule has 2 N–H and O–H groups in total. The molecule has 1 aromatic carbocycles. The van der Waals surface area contributed by atoms with Crippen LogP contribution in [-0.2, 0) is 4.79 Å². The molecule has 0 aliphatic heterocycles. The quantitative estimate of drug-likeness (QED) is 0.705. The number of halogens is 1. The second kappa shape index (κ2) is 3.32. The minimum absolute atomic E-state index is 0.233. The average Bonchev–Trinajstić information content (AvgIpc) is 2.04. The lowest BCUT2D eigenvalue weighted by atomic mass is 10.1. The van der Waals surface area contributed by atoms with Crippen molar-refractivity contribution in [3.63, 3.8) is 0 Å². The van der Waals surface area contributed by atoms with E-state index >= 15 is 0 Å². The smallest absolute Gasteiger partial charge is 0.271 e. The van der Waals surface area contributed by atoms with Crippen LogP contribution in [0.5, 0.6) is 0 Å². The van der Waals surface area contributed by atoms with Crippen LogP contribution in [0, 0.1) is 5.82 Å². The maximum Gasteiger partial charge on any atom is 0.271 e. The van der Waals surface area contributed by atoms with Gasteiger partial charge in [0.25, 0.3) is 5.91 Å². The number of carbonyl (C=O) groups excluding carboxylic acids is 1. The topological polar surface area (TPSA) is 61.1 Å². The van der Waals surface area contributed by atoms with Crippen molar-refractivity contribution in [3.05, 3.63) is 35.6 Å². The zero-order chi connectivity index (χ0) is 9.14. The van der Waals surface area contributed by atoms with Crippen molar-refractivity contribution in [2.45, 2.75) is 6.10 Å². The number of hydrogen-bond donors (Lipinski definition) is 1. The van der Waals surface area contributed by atoms with Crippen LogP contribution < -0.4 is 5.73 Å². The molecule has 0 heterocycles. The molecule has 4 heteroatoms. The second-order valence-electron chi connectivity index (χ2n) is 2.32. The van der Waals surface area contributed by atoms with E-state index in [1.807, 2.05) is 0 Å². The van der Waals surface area contributed by atoms with Gasteiger partial charge in [0.05, 0.1) is 0 Å². The standard InChI is InChI=1S/C8H7FNO2/c9-6-3-1-5(2-4-6)7(11)8(10)12/h1-4,7,10-11H. The van der Waals surface area contributed by atoms with Crippen molar-refractivity contribution in [1.82, 2.24) is 5.73 Å². The van der Waals surface area contributed by atoms with Crippen LogP contribution in [0.25, 0.3) is 0 Å². The van der Waals surface area contributed by atoms with Crippen LogP contribution in [-0.4, -0.2) is 11.0 Å². The molecule has 0 saturated carbocycles. The first-order valence-corrected chi connectivity index (χ1v) is 3.30. The van der Waals surface area contributed by atoms with Crippen molar-refractivity contribution in [2.75, 3.05) is 0 Å². The SMILES string of the molecule is [NH]C(=O)C(O)c1ccc(F)cc1. The van der Waals surface area contributed by atoms with E-state index in [1.165, 1.54) is 12.1 Å². The molecule has 0 bridgehead atoms. The Bertz CT molecular complexity index is 284. The molecule has 1 rings (SSSR count). The predicted molar refractivity (Wildman–Crippen MR) is 39.5 cm³/mol. The lowest BCUT2D eigenvalue weighted by Gasteiger charge is -2.04. The van der Waals surface area contributed by atoms with Gasteiger partial charge < -0.3 is 5.11 Å². The molecule has 1 radical (unpaired) electrons. The molecule has 1 unspecified atom stereocenters. The van der Waals surface area contributed by atoms with Gasteiger partial charge in [-0.15, -0.1) is 0 Å². The van der Waals surface area contributed by atoms with Gasteiger partial charge in [-0.3, -0.25) is 10.5 Å². The van der Waals surface area contributed by atoms with Gasteiger partial charge in [0.2, 0.25) is 0 Å². The molecule has 1 amide bonds. The number of aliphatic hydroxyl groups is 1. The average molecular weight is 168 g/mol. The van der Waals surface area contributed by atoms with E-state index < -0.39 is 17.8 Å². The van der Waals surface area contributed by atoms with E-state index in [4.69, 9.17) is 10.8 Å². The van der Waals surface area contributed by atoms with Crippen molar-refractivity contribution in [2.24, 2.45) is 0 Å². The molecular weight excluding hydrogens is 161 g/mol. The van der Waals surface area contributed by atoms with Gasteiger partial charge in [-0.1, -0.05) is 12.1 Å². The van der Waals surface area contributed by atoms with Gasteiger partial charge in [0, 0.05) is 0 Å². The van der Waals surface area contributed by atoms with Crippen LogP contribution in [0.4, 0.5) is 4.39 Å². The van der Waals surface area contributed by atoms with E-state index in [0.29, 0.717) is 0 Å². The first kappa shape index (κ1) is 8.67. The Balaban J connectivity index is 2.89. The minimum Gasteiger partial charge on any atom is -0.378 e. The second-order valence-corrected chi connectivity index (χ2v) is 2.32. The van der Waals surface area contributed by atoms with Gasteiger partial charge in [-0.2, -0.15) is 0 Å². The Hall–Kier alpha value is -1.42. The Labute approximate surface area is 68.6 Å². The predicted octanol–water partition coefficient (Wildman–Crippen LogP) is 0.669. The van der Waals surface area contributed by atoms with Crippen LogP contribution in [0.1, 0.15) is 11.7 Å². The Kier molecular flexibility index (Phi) is 2.40. The molecule has 0 aliphatic rings. The number of aliphatic hydroxyl groups excluding tert-OH is 1. The molecule has 1 atom stereocenters. The van der Waals surface area contributed by atoms with Crippen molar-refractivity contribution >= 4 is 5.91 Å². The number of rotatable bonds is 2. The number of benzene rings is 1. The summed E-state index contributed by atoms with van der Waals surface area (Å²) in [7, 11) is 0. The molecule has 12 heavy (non-hydrogen) atoms. The maximum absolute atomic E-state index is 12.3. The van der Waals surface area contributed by atoms with E-state index in [9.17, 15) is 9.18 Å². The van der Waals surface area contributed by atoms with Crippen LogP contribution in [0.2, 0.25) is 0 Å². The van der Waals surface area contributed by atoms with Crippen molar-refractivity contribution in [1.29, 1.82) is 0 Å². The summed E-state index contributed by atoms with van der Waals surface area (Å²) in [6, 6.07) is 4.79. The lowest BCUT2D eigenvalue weighted by molar-refractivity contribution is -0.126. The summed E-state index contributed by atoms with van der Waals surface area (Å²) < 4.78 is 12.3. The summed E-state index contributed by atoms with van der Waals surface area (Å²) in [5.74, 6) is -1.54. The third-order valence-electron chi connectivity index (χ3n) is 1.43. The van der Waals surface area contributed by atoms with E-state index in [2.05, 4.69) is 0 Å². The minimum atomic E-state index is -1.47. The fourth-order valence-electron chi connectivity index (χ4n) is 0.796. The van der Waals surface area contributed by atoms with Gasteiger partial charge in [-0.05, 0) is 17.7 Å². The molecule has 0 saturated heterocycles. The summed E-state index contributed by atoms with van der Waals surface area (Å²) in [5, 5.41) is 9.03. The molecule has 3 nitrogen and oxygen atoms in total. The van der Waals surface area contributed by atoms with Crippen molar-refractivity contribution in [3.8, 4) is 0 Å². The fraction of sp³-hybridized carbons (Fsp3) is 0.125. The molecule has 0 fully saturated rings. The molecule has 0 spiro atoms. The zero-order valence-electron chi connectivity index (χ0n) is 6.12. The number of hydrogen-bond acceptors (Lipinski definition) is 2. The Morgan fingerprint density at radius 3 is 2.33 bits per heavy atom. The first-order chi connectivity index (χ1) is 5.61. The molecule has 1 aromatic rings. The number of amides is 1. The highest BCUT2D eigenvalue weighted by Gasteiger charge is 2.13. The molecular formula is C8H7FNO2. The third-order valence-corrected chi connectivity index (χ3v) is 1.43. The summed E-state index contributed by atoms with van der Waals surface area (Å²) in [6.07, 6.45) is -1.47. The third kappa shape index (κ3) is 1.79. The Morgan fingerprint density at radius 2 is 1.92 bits per heavy atom. The number of carbonyl (C=O) groups is 1. The van der Waals surface area contributed by atoms with Gasteiger partial charge in [-0.25, -0.2) is 4.39 Å². The van der Waals surface area contributed by atoms with Crippen LogP contribution >= 0.6 is 0 Å². The largest absolute Gasteiger partial charge is 0.378 e. The molecule has 0 aliphatic carbocycles. The van der Waals surface area contributed by atoms with E-state index in [-0.39, 0.29) is 5.56 Å². The summed E-state index contributed by atoms with van der Waals surface area (Å²) in [5.41, 5.74) is 6.82. The lowest BCUT2D eigenvalue weighted by Crippen LogP contribution is -2.11. The zero-order valence-corrected chi connectivity index (χ0v) is 6.12. The normalized spacial score (nSPS) is 12.5. The summed E-state index contributed by atoms with van der Waals surface area (Å²) in [6.45, 7) is 0. The summed E-state index contributed by atoms with van der Waals surface area (Å²) >= 11 is 0. The fourth-order valence-corrected chi connectivity index (χ4v) is 0.796. The van der Waals surface area contributed by atoms with Crippen molar-refractivity contribution < 1.29 is 14.3 Å². The van der Waals surface area contributed by atoms with E-state index in [1.54, 1.807) is 0 Å². The van der Waals surface area contributed by atoms with Crippen LogP contribution in [0.3, 0.4) is 0 Å². The highest BCUT2D eigenvalue weighted by molar-refractivity contribution is 5.79. The Morgan fingerprint density at radius 1 is 1.42 bits per heavy atom. The number of nitrogens with one attached hydrogen (secondary N) is 1. The first-order valence-electron chi connectivity index (χ1n) is 3.30. The highest BCUT2D eigenvalue weighted by atomic mass is 19.1. The summed E-state index contributed by atoms with van der Waals surface area (Å²) in [4.78, 5) is 10.4. The van der Waals surface area contributed by atoms with Gasteiger partial charge in [0.15, 0.2) is 6.10 Å². The van der Waals surface area contributed by atoms with Gasteiger partial charge in [0.1, 0.15) is 5.82 Å². The maximum atomic E-state index is 12.3. The molecule has 0 aromatic heterocycles. The monoisotopic (exact) mass is 168 g/mol. The molecule has 63 valence electrons. The highest BCUT2D eigenvalue weighted by Crippen LogP contribution is 2.12. The van der Waals surface area contributed by atoms with E-state index in [0.717, 1.165) is 12.1 Å².